The van der Waals surface area contributed by atoms with Crippen molar-refractivity contribution in [3.05, 3.63) is 34.9 Å². The number of rotatable bonds is 7. The topological polar surface area (TPSA) is 58.6 Å². The highest BCUT2D eigenvalue weighted by Gasteiger charge is 2.13. The number of carbonyl (C=O) groups is 1. The molecular formula is C15H21NO3. The van der Waals surface area contributed by atoms with Crippen LogP contribution in [0.3, 0.4) is 0 Å². The van der Waals surface area contributed by atoms with E-state index in [2.05, 4.69) is 5.32 Å². The molecule has 2 N–H and O–H groups in total. The van der Waals surface area contributed by atoms with Crippen molar-refractivity contribution in [3.63, 3.8) is 0 Å². The zero-order valence-electron chi connectivity index (χ0n) is 11.2. The molecule has 0 radical (unpaired) electrons. The van der Waals surface area contributed by atoms with Crippen LogP contribution in [0.25, 0.3) is 0 Å². The monoisotopic (exact) mass is 263 g/mol. The van der Waals surface area contributed by atoms with Gasteiger partial charge in [0.15, 0.2) is 0 Å². The van der Waals surface area contributed by atoms with Gasteiger partial charge in [-0.25, -0.2) is 0 Å². The number of aliphatic hydroxyl groups excluding tert-OH is 1. The van der Waals surface area contributed by atoms with Gasteiger partial charge < -0.3 is 15.2 Å². The fourth-order valence-electron chi connectivity index (χ4n) is 2.21. The van der Waals surface area contributed by atoms with E-state index in [0.717, 1.165) is 31.2 Å². The van der Waals surface area contributed by atoms with Gasteiger partial charge in [0.05, 0.1) is 13.2 Å². The number of nitrogens with one attached hydrogen (secondary N) is 1. The Labute approximate surface area is 113 Å². The average molecular weight is 263 g/mol. The number of aliphatic hydroxyl groups is 1. The van der Waals surface area contributed by atoms with Crippen LogP contribution in [0.4, 0.5) is 0 Å². The highest BCUT2D eigenvalue weighted by molar-refractivity contribution is 5.94. The Balaban J connectivity index is 1.74. The van der Waals surface area contributed by atoms with Crippen LogP contribution < -0.4 is 5.32 Å². The summed E-state index contributed by atoms with van der Waals surface area (Å²) in [6, 6.07) is 5.75. The summed E-state index contributed by atoms with van der Waals surface area (Å²) < 4.78 is 5.33. The third kappa shape index (κ3) is 4.04. The third-order valence-electron chi connectivity index (χ3n) is 3.35. The fourth-order valence-corrected chi connectivity index (χ4v) is 2.21. The van der Waals surface area contributed by atoms with Crippen LogP contribution in [0.15, 0.2) is 18.2 Å². The number of unbranched alkanes of at least 4 members (excludes halogenated alkanes) is 3. The first-order valence-electron chi connectivity index (χ1n) is 6.90. The maximum atomic E-state index is 11.9. The first-order chi connectivity index (χ1) is 9.31. The number of fused-ring (bicyclic) bond motifs is 1. The van der Waals surface area contributed by atoms with Crippen molar-refractivity contribution in [3.8, 4) is 0 Å². The number of amides is 1. The van der Waals surface area contributed by atoms with E-state index < -0.39 is 0 Å². The smallest absolute Gasteiger partial charge is 0.251 e. The number of carbonyl (C=O) groups excluding carboxylic acids is 1. The summed E-state index contributed by atoms with van der Waals surface area (Å²) in [5, 5.41) is 11.6. The van der Waals surface area contributed by atoms with E-state index in [4.69, 9.17) is 9.84 Å². The Morgan fingerprint density at radius 1 is 1.16 bits per heavy atom. The van der Waals surface area contributed by atoms with E-state index in [1.54, 1.807) is 0 Å². The standard InChI is InChI=1S/C15H21NO3/c17-8-4-2-1-3-7-16-15(18)12-5-6-13-10-19-11-14(13)9-12/h5-6,9,17H,1-4,7-8,10-11H2,(H,16,18). The quantitative estimate of drug-likeness (QED) is 0.740. The summed E-state index contributed by atoms with van der Waals surface area (Å²) in [6.07, 6.45) is 3.86. The van der Waals surface area contributed by atoms with Crippen molar-refractivity contribution in [2.45, 2.75) is 38.9 Å². The Bertz CT molecular complexity index is 431. The lowest BCUT2D eigenvalue weighted by atomic mass is 10.1. The highest BCUT2D eigenvalue weighted by Crippen LogP contribution is 2.20. The van der Waals surface area contributed by atoms with E-state index in [1.165, 1.54) is 5.56 Å². The van der Waals surface area contributed by atoms with Gasteiger partial charge in [-0.1, -0.05) is 18.9 Å². The normalized spacial score (nSPS) is 13.3. The minimum Gasteiger partial charge on any atom is -0.396 e. The van der Waals surface area contributed by atoms with Gasteiger partial charge in [0.25, 0.3) is 5.91 Å². The Morgan fingerprint density at radius 3 is 2.79 bits per heavy atom. The molecule has 0 unspecified atom stereocenters. The first kappa shape index (κ1) is 14.0. The molecule has 0 atom stereocenters. The number of hydrogen-bond acceptors (Lipinski definition) is 3. The van der Waals surface area contributed by atoms with Gasteiger partial charge in [0.1, 0.15) is 0 Å². The van der Waals surface area contributed by atoms with Crippen molar-refractivity contribution in [1.29, 1.82) is 0 Å². The molecule has 0 fully saturated rings. The molecule has 104 valence electrons. The van der Waals surface area contributed by atoms with Crippen LogP contribution >= 0.6 is 0 Å². The summed E-state index contributed by atoms with van der Waals surface area (Å²) in [6.45, 7) is 2.21. The molecule has 0 bridgehead atoms. The number of hydrogen-bond donors (Lipinski definition) is 2. The molecule has 0 saturated carbocycles. The van der Waals surface area contributed by atoms with Gasteiger partial charge in [-0.2, -0.15) is 0 Å². The van der Waals surface area contributed by atoms with Crippen LogP contribution in [0.5, 0.6) is 0 Å². The first-order valence-corrected chi connectivity index (χ1v) is 6.90. The molecule has 1 amide bonds. The molecule has 1 aliphatic rings. The zero-order chi connectivity index (χ0) is 13.5. The van der Waals surface area contributed by atoms with Crippen LogP contribution in [0.1, 0.15) is 47.2 Å². The second kappa shape index (κ2) is 7.26. The lowest BCUT2D eigenvalue weighted by molar-refractivity contribution is 0.0952. The molecule has 19 heavy (non-hydrogen) atoms. The average Bonchev–Trinajstić information content (AvgIpc) is 2.89. The molecule has 1 aliphatic heterocycles. The minimum absolute atomic E-state index is 0.0168. The lowest BCUT2D eigenvalue weighted by Crippen LogP contribution is -2.24. The van der Waals surface area contributed by atoms with Gasteiger partial charge in [-0.05, 0) is 36.1 Å². The highest BCUT2D eigenvalue weighted by atomic mass is 16.5. The Morgan fingerprint density at radius 2 is 1.95 bits per heavy atom. The van der Waals surface area contributed by atoms with Crippen molar-refractivity contribution in [2.24, 2.45) is 0 Å². The number of benzene rings is 1. The van der Waals surface area contributed by atoms with Crippen molar-refractivity contribution in [2.75, 3.05) is 13.2 Å². The van der Waals surface area contributed by atoms with E-state index in [-0.39, 0.29) is 12.5 Å². The molecule has 0 aliphatic carbocycles. The van der Waals surface area contributed by atoms with Crippen LogP contribution in [-0.2, 0) is 18.0 Å². The van der Waals surface area contributed by atoms with Crippen LogP contribution in [0.2, 0.25) is 0 Å². The SMILES string of the molecule is O=C(NCCCCCCO)c1ccc2c(c1)COC2. The summed E-state index contributed by atoms with van der Waals surface area (Å²) in [4.78, 5) is 11.9. The molecule has 0 spiro atoms. The minimum atomic E-state index is -0.0168. The van der Waals surface area contributed by atoms with Crippen LogP contribution in [-0.4, -0.2) is 24.2 Å². The van der Waals surface area contributed by atoms with Gasteiger partial charge in [-0.15, -0.1) is 0 Å². The Kier molecular flexibility index (Phi) is 5.36. The van der Waals surface area contributed by atoms with Gasteiger partial charge in [0.2, 0.25) is 0 Å². The largest absolute Gasteiger partial charge is 0.396 e. The Hall–Kier alpha value is -1.39. The summed E-state index contributed by atoms with van der Waals surface area (Å²) in [5.41, 5.74) is 3.01. The van der Waals surface area contributed by atoms with E-state index >= 15 is 0 Å². The summed E-state index contributed by atoms with van der Waals surface area (Å²) in [7, 11) is 0. The second-order valence-electron chi connectivity index (χ2n) is 4.87. The molecule has 4 heteroatoms. The molecule has 4 nitrogen and oxygen atoms in total. The second-order valence-corrected chi connectivity index (χ2v) is 4.87. The summed E-state index contributed by atoms with van der Waals surface area (Å²) in [5.74, 6) is -0.0168. The number of ether oxygens (including phenoxy) is 1. The molecule has 1 heterocycles. The molecule has 1 aromatic rings. The van der Waals surface area contributed by atoms with Crippen LogP contribution in [0, 0.1) is 0 Å². The fraction of sp³-hybridized carbons (Fsp3) is 0.533. The zero-order valence-corrected chi connectivity index (χ0v) is 11.2. The predicted octanol–water partition coefficient (Wildman–Crippen LogP) is 2.00. The molecular weight excluding hydrogens is 242 g/mol. The maximum Gasteiger partial charge on any atom is 0.251 e. The molecule has 2 rings (SSSR count). The van der Waals surface area contributed by atoms with Gasteiger partial charge >= 0.3 is 0 Å². The van der Waals surface area contributed by atoms with E-state index in [9.17, 15) is 4.79 Å². The molecule has 0 saturated heterocycles. The van der Waals surface area contributed by atoms with Gasteiger partial charge in [0, 0.05) is 18.7 Å². The van der Waals surface area contributed by atoms with Crippen molar-refractivity contribution < 1.29 is 14.6 Å². The van der Waals surface area contributed by atoms with E-state index in [1.807, 2.05) is 18.2 Å². The molecule has 1 aromatic carbocycles. The lowest BCUT2D eigenvalue weighted by Gasteiger charge is -2.06. The van der Waals surface area contributed by atoms with Gasteiger partial charge in [-0.3, -0.25) is 4.79 Å². The predicted molar refractivity (Wildman–Crippen MR) is 72.8 cm³/mol. The van der Waals surface area contributed by atoms with Crippen molar-refractivity contribution in [1.82, 2.24) is 5.32 Å². The third-order valence-corrected chi connectivity index (χ3v) is 3.35. The van der Waals surface area contributed by atoms with Crippen molar-refractivity contribution >= 4 is 5.91 Å². The van der Waals surface area contributed by atoms with E-state index in [0.29, 0.717) is 25.3 Å². The molecule has 0 aromatic heterocycles. The maximum absolute atomic E-state index is 11.9. The summed E-state index contributed by atoms with van der Waals surface area (Å²) >= 11 is 0.